The first kappa shape index (κ1) is 14.7. The normalized spacial score (nSPS) is 10.3. The minimum atomic E-state index is -0.316. The van der Waals surface area contributed by atoms with Crippen molar-refractivity contribution in [2.75, 3.05) is 6.61 Å². The van der Waals surface area contributed by atoms with Crippen molar-refractivity contribution in [3.05, 3.63) is 64.4 Å². The van der Waals surface area contributed by atoms with Crippen LogP contribution in [0.15, 0.2) is 53.0 Å². The fourth-order valence-corrected chi connectivity index (χ4v) is 2.24. The van der Waals surface area contributed by atoms with E-state index in [4.69, 9.17) is 4.74 Å². The molecule has 0 fully saturated rings. The molecule has 0 amide bonds. The van der Waals surface area contributed by atoms with Gasteiger partial charge >= 0.3 is 0 Å². The first-order valence-electron chi connectivity index (χ1n) is 6.33. The quantitative estimate of drug-likeness (QED) is 0.567. The van der Waals surface area contributed by atoms with Crippen molar-refractivity contribution in [2.45, 2.75) is 12.8 Å². The first-order chi connectivity index (χ1) is 9.66. The van der Waals surface area contributed by atoms with Crippen molar-refractivity contribution >= 4 is 21.7 Å². The van der Waals surface area contributed by atoms with Gasteiger partial charge in [0.05, 0.1) is 11.1 Å². The molecule has 0 N–H and O–H groups in total. The third-order valence-corrected chi connectivity index (χ3v) is 3.42. The summed E-state index contributed by atoms with van der Waals surface area (Å²) in [5, 5.41) is 0. The van der Waals surface area contributed by atoms with E-state index in [1.807, 2.05) is 18.2 Å². The maximum Gasteiger partial charge on any atom is 0.163 e. The topological polar surface area (TPSA) is 26.3 Å². The molecule has 0 heterocycles. The van der Waals surface area contributed by atoms with E-state index in [2.05, 4.69) is 15.9 Å². The average Bonchev–Trinajstić information content (AvgIpc) is 2.46. The summed E-state index contributed by atoms with van der Waals surface area (Å²) in [6, 6.07) is 13.4. The fourth-order valence-electron chi connectivity index (χ4n) is 1.78. The van der Waals surface area contributed by atoms with Crippen LogP contribution in [-0.4, -0.2) is 12.4 Å². The molecule has 2 nitrogen and oxygen atoms in total. The molecule has 20 heavy (non-hydrogen) atoms. The molecule has 0 atom stereocenters. The molecule has 0 aliphatic rings. The molecule has 2 aromatic rings. The minimum absolute atomic E-state index is 0.104. The molecule has 2 aromatic carbocycles. The first-order valence-corrected chi connectivity index (χ1v) is 7.12. The van der Waals surface area contributed by atoms with E-state index in [1.54, 1.807) is 18.2 Å². The number of ether oxygens (including phenoxy) is 1. The Morgan fingerprint density at radius 1 is 1.15 bits per heavy atom. The van der Waals surface area contributed by atoms with E-state index in [9.17, 15) is 9.18 Å². The summed E-state index contributed by atoms with van der Waals surface area (Å²) < 4.78 is 19.0. The maximum atomic E-state index is 12.9. The van der Waals surface area contributed by atoms with Gasteiger partial charge in [0.25, 0.3) is 0 Å². The number of rotatable bonds is 6. The zero-order chi connectivity index (χ0) is 14.4. The Bertz CT molecular complexity index is 584. The van der Waals surface area contributed by atoms with Gasteiger partial charge in [-0.2, -0.15) is 0 Å². The number of halogens is 2. The number of ketones is 1. The van der Waals surface area contributed by atoms with Crippen LogP contribution < -0.4 is 4.74 Å². The van der Waals surface area contributed by atoms with Gasteiger partial charge in [-0.25, -0.2) is 4.39 Å². The summed E-state index contributed by atoms with van der Waals surface area (Å²) in [6.45, 7) is 0.419. The fraction of sp³-hybridized carbons (Fsp3) is 0.188. The van der Waals surface area contributed by atoms with Crippen LogP contribution in [0.4, 0.5) is 4.39 Å². The van der Waals surface area contributed by atoms with Crippen molar-refractivity contribution < 1.29 is 13.9 Å². The van der Waals surface area contributed by atoms with Crippen LogP contribution in [0.3, 0.4) is 0 Å². The van der Waals surface area contributed by atoms with Gasteiger partial charge in [0.15, 0.2) is 5.78 Å². The Morgan fingerprint density at radius 3 is 2.60 bits per heavy atom. The molecule has 0 radical (unpaired) electrons. The highest BCUT2D eigenvalue weighted by atomic mass is 79.9. The van der Waals surface area contributed by atoms with E-state index >= 15 is 0 Å². The highest BCUT2D eigenvalue weighted by molar-refractivity contribution is 9.10. The van der Waals surface area contributed by atoms with Gasteiger partial charge in [0.2, 0.25) is 0 Å². The third-order valence-electron chi connectivity index (χ3n) is 2.80. The SMILES string of the molecule is O=C(CCCOc1ccc(F)cc1Br)c1ccccc1. The second-order valence-corrected chi connectivity index (χ2v) is 5.17. The lowest BCUT2D eigenvalue weighted by Gasteiger charge is -2.07. The molecular weight excluding hydrogens is 323 g/mol. The van der Waals surface area contributed by atoms with Crippen molar-refractivity contribution in [3.8, 4) is 5.75 Å². The number of benzene rings is 2. The number of carbonyl (C=O) groups is 1. The highest BCUT2D eigenvalue weighted by Crippen LogP contribution is 2.25. The molecule has 0 unspecified atom stereocenters. The molecule has 4 heteroatoms. The third kappa shape index (κ3) is 4.17. The van der Waals surface area contributed by atoms with Gasteiger partial charge < -0.3 is 4.74 Å². The van der Waals surface area contributed by atoms with E-state index in [-0.39, 0.29) is 11.6 Å². The summed E-state index contributed by atoms with van der Waals surface area (Å²) in [7, 11) is 0. The Morgan fingerprint density at radius 2 is 1.90 bits per heavy atom. The molecule has 0 spiro atoms. The Hall–Kier alpha value is -1.68. The minimum Gasteiger partial charge on any atom is -0.492 e. The van der Waals surface area contributed by atoms with Gasteiger partial charge in [-0.3, -0.25) is 4.79 Å². The monoisotopic (exact) mass is 336 g/mol. The van der Waals surface area contributed by atoms with Crippen molar-refractivity contribution in [1.29, 1.82) is 0 Å². The van der Waals surface area contributed by atoms with E-state index in [0.29, 0.717) is 29.7 Å². The van der Waals surface area contributed by atoms with Gasteiger partial charge in [0, 0.05) is 12.0 Å². The van der Waals surface area contributed by atoms with E-state index < -0.39 is 0 Å². The molecule has 2 rings (SSSR count). The average molecular weight is 337 g/mol. The van der Waals surface area contributed by atoms with Crippen molar-refractivity contribution in [1.82, 2.24) is 0 Å². The maximum absolute atomic E-state index is 12.9. The summed E-state index contributed by atoms with van der Waals surface area (Å²) in [5.41, 5.74) is 0.718. The molecular formula is C16H14BrFO2. The molecule has 0 aliphatic carbocycles. The zero-order valence-electron chi connectivity index (χ0n) is 10.8. The molecule has 0 saturated carbocycles. The van der Waals surface area contributed by atoms with Gasteiger partial charge in [-0.1, -0.05) is 30.3 Å². The lowest BCUT2D eigenvalue weighted by molar-refractivity contribution is 0.0973. The number of hydrogen-bond acceptors (Lipinski definition) is 2. The molecule has 0 saturated heterocycles. The number of Topliss-reactive ketones (excluding diaryl/α,β-unsaturated/α-hetero) is 1. The molecule has 0 aliphatic heterocycles. The second kappa shape index (κ2) is 7.20. The van der Waals surface area contributed by atoms with Crippen LogP contribution in [0.25, 0.3) is 0 Å². The summed E-state index contributed by atoms with van der Waals surface area (Å²) >= 11 is 3.23. The second-order valence-electron chi connectivity index (χ2n) is 4.32. The Labute approximate surface area is 125 Å². The smallest absolute Gasteiger partial charge is 0.163 e. The predicted molar refractivity (Wildman–Crippen MR) is 79.6 cm³/mol. The largest absolute Gasteiger partial charge is 0.492 e. The standard InChI is InChI=1S/C16H14BrFO2/c17-14-11-13(18)8-9-16(14)20-10-4-7-15(19)12-5-2-1-3-6-12/h1-3,5-6,8-9,11H,4,7,10H2. The van der Waals surface area contributed by atoms with Crippen LogP contribution in [0.1, 0.15) is 23.2 Å². The summed E-state index contributed by atoms with van der Waals surface area (Å²) in [4.78, 5) is 11.9. The van der Waals surface area contributed by atoms with Crippen LogP contribution in [0.5, 0.6) is 5.75 Å². The van der Waals surface area contributed by atoms with Crippen molar-refractivity contribution in [3.63, 3.8) is 0 Å². The highest BCUT2D eigenvalue weighted by Gasteiger charge is 2.06. The summed E-state index contributed by atoms with van der Waals surface area (Å²) in [6.07, 6.45) is 1.06. The lowest BCUT2D eigenvalue weighted by atomic mass is 10.1. The summed E-state index contributed by atoms with van der Waals surface area (Å²) in [5.74, 6) is 0.370. The Kier molecular flexibility index (Phi) is 5.30. The predicted octanol–water partition coefficient (Wildman–Crippen LogP) is 4.63. The van der Waals surface area contributed by atoms with Gasteiger partial charge in [-0.15, -0.1) is 0 Å². The molecule has 0 bridgehead atoms. The van der Waals surface area contributed by atoms with Crippen LogP contribution in [-0.2, 0) is 0 Å². The van der Waals surface area contributed by atoms with Gasteiger partial charge in [0.1, 0.15) is 11.6 Å². The molecule has 0 aromatic heterocycles. The lowest BCUT2D eigenvalue weighted by Crippen LogP contribution is -2.04. The number of carbonyl (C=O) groups excluding carboxylic acids is 1. The van der Waals surface area contributed by atoms with Gasteiger partial charge in [-0.05, 0) is 40.5 Å². The van der Waals surface area contributed by atoms with Crippen LogP contribution >= 0.6 is 15.9 Å². The van der Waals surface area contributed by atoms with Crippen molar-refractivity contribution in [2.24, 2.45) is 0 Å². The number of hydrogen-bond donors (Lipinski definition) is 0. The zero-order valence-corrected chi connectivity index (χ0v) is 12.4. The van der Waals surface area contributed by atoms with E-state index in [1.165, 1.54) is 12.1 Å². The van der Waals surface area contributed by atoms with Crippen LogP contribution in [0.2, 0.25) is 0 Å². The van der Waals surface area contributed by atoms with Crippen LogP contribution in [0, 0.1) is 5.82 Å². The van der Waals surface area contributed by atoms with E-state index in [0.717, 1.165) is 5.56 Å². The Balaban J connectivity index is 1.78. The molecule has 104 valence electrons.